The molecule has 1 fully saturated rings. The molecule has 2 heterocycles. The number of rotatable bonds is 6. The first-order valence-electron chi connectivity index (χ1n) is 11.4. The topological polar surface area (TPSA) is 88.9 Å². The lowest BCUT2D eigenvalue weighted by molar-refractivity contribution is -0.121. The Kier molecular flexibility index (Phi) is 5.88. The molecule has 1 N–H and O–H groups in total. The number of methoxy groups -OCH3 is 1. The molecule has 0 spiro atoms. The summed E-state index contributed by atoms with van der Waals surface area (Å²) in [6.07, 6.45) is 6.46. The van der Waals surface area contributed by atoms with Gasteiger partial charge in [-0.3, -0.25) is 4.79 Å². The number of aryl methyl sites for hydroxylation is 2. The minimum atomic E-state index is -3.56. The van der Waals surface area contributed by atoms with Crippen LogP contribution in [-0.2, 0) is 34.1 Å². The van der Waals surface area contributed by atoms with E-state index in [0.717, 1.165) is 29.4 Å². The predicted molar refractivity (Wildman–Crippen MR) is 125 cm³/mol. The van der Waals surface area contributed by atoms with Crippen molar-refractivity contribution in [2.45, 2.75) is 49.5 Å². The highest BCUT2D eigenvalue weighted by Gasteiger charge is 2.30. The second-order valence-electron chi connectivity index (χ2n) is 8.83. The van der Waals surface area contributed by atoms with Crippen molar-refractivity contribution in [3.8, 4) is 5.75 Å². The molecule has 1 amide bonds. The van der Waals surface area contributed by atoms with Crippen LogP contribution in [0.2, 0.25) is 0 Å². The average Bonchev–Trinajstić information content (AvgIpc) is 3.44. The van der Waals surface area contributed by atoms with E-state index in [4.69, 9.17) is 9.15 Å². The number of amides is 1. The molecular weight excluding hydrogens is 440 g/mol. The monoisotopic (exact) mass is 468 g/mol. The molecule has 174 valence electrons. The van der Waals surface area contributed by atoms with E-state index in [1.54, 1.807) is 37.6 Å². The molecule has 1 aromatic heterocycles. The van der Waals surface area contributed by atoms with Gasteiger partial charge in [0.2, 0.25) is 15.9 Å². The predicted octanol–water partition coefficient (Wildman–Crippen LogP) is 3.44. The van der Waals surface area contributed by atoms with Crippen molar-refractivity contribution in [1.29, 1.82) is 0 Å². The Morgan fingerprint density at radius 1 is 1.12 bits per heavy atom. The van der Waals surface area contributed by atoms with E-state index in [1.807, 2.05) is 0 Å². The molecule has 1 aliphatic carbocycles. The number of piperidine rings is 1. The molecule has 33 heavy (non-hydrogen) atoms. The van der Waals surface area contributed by atoms with E-state index >= 15 is 0 Å². The van der Waals surface area contributed by atoms with Crippen LogP contribution in [0, 0.1) is 0 Å². The van der Waals surface area contributed by atoms with Crippen LogP contribution in [0.4, 0.5) is 0 Å². The van der Waals surface area contributed by atoms with Crippen LogP contribution in [0.1, 0.15) is 36.0 Å². The van der Waals surface area contributed by atoms with E-state index in [1.165, 1.54) is 21.9 Å². The number of carbonyl (C=O) groups is 1. The summed E-state index contributed by atoms with van der Waals surface area (Å²) in [7, 11) is -2.01. The molecule has 3 aromatic rings. The molecule has 0 saturated carbocycles. The lowest BCUT2D eigenvalue weighted by atomic mass is 10.0. The van der Waals surface area contributed by atoms with E-state index in [-0.39, 0.29) is 23.3 Å². The molecule has 0 unspecified atom stereocenters. The molecule has 2 aliphatic rings. The Morgan fingerprint density at radius 3 is 2.52 bits per heavy atom. The van der Waals surface area contributed by atoms with Gasteiger partial charge in [-0.2, -0.15) is 4.31 Å². The highest BCUT2D eigenvalue weighted by Crippen LogP contribution is 2.30. The second kappa shape index (κ2) is 8.83. The van der Waals surface area contributed by atoms with Crippen molar-refractivity contribution in [1.82, 2.24) is 9.62 Å². The first-order valence-corrected chi connectivity index (χ1v) is 12.8. The van der Waals surface area contributed by atoms with Crippen LogP contribution in [-0.4, -0.2) is 44.9 Å². The number of nitrogens with zero attached hydrogens (tertiary/aromatic N) is 1. The van der Waals surface area contributed by atoms with Gasteiger partial charge in [-0.05, 0) is 79.6 Å². The summed E-state index contributed by atoms with van der Waals surface area (Å²) in [6.45, 7) is 0.750. The Balaban J connectivity index is 1.18. The Morgan fingerprint density at radius 2 is 1.82 bits per heavy atom. The van der Waals surface area contributed by atoms with Crippen LogP contribution < -0.4 is 10.1 Å². The zero-order chi connectivity index (χ0) is 23.0. The summed E-state index contributed by atoms with van der Waals surface area (Å²) in [6, 6.07) is 10.7. The van der Waals surface area contributed by atoms with Crippen molar-refractivity contribution in [2.24, 2.45) is 0 Å². The fourth-order valence-corrected chi connectivity index (χ4v) is 6.34. The maximum Gasteiger partial charge on any atom is 0.243 e. The smallest absolute Gasteiger partial charge is 0.243 e. The van der Waals surface area contributed by atoms with Gasteiger partial charge in [0.15, 0.2) is 0 Å². The maximum atomic E-state index is 12.9. The first-order chi connectivity index (χ1) is 15.9. The second-order valence-corrected chi connectivity index (χ2v) is 10.8. The number of nitrogens with one attached hydrogen (secondary N) is 1. The number of carbonyl (C=O) groups excluding carboxylic acids is 1. The molecule has 1 saturated heterocycles. The Hall–Kier alpha value is -2.84. The molecule has 8 heteroatoms. The van der Waals surface area contributed by atoms with Gasteiger partial charge in [-0.15, -0.1) is 0 Å². The quantitative estimate of drug-likeness (QED) is 0.599. The normalized spacial score (nSPS) is 17.2. The summed E-state index contributed by atoms with van der Waals surface area (Å²) in [5, 5.41) is 4.10. The summed E-state index contributed by atoms with van der Waals surface area (Å²) in [5.41, 5.74) is 4.45. The van der Waals surface area contributed by atoms with Gasteiger partial charge >= 0.3 is 0 Å². The zero-order valence-corrected chi connectivity index (χ0v) is 19.5. The average molecular weight is 469 g/mol. The molecule has 5 rings (SSSR count). The van der Waals surface area contributed by atoms with Crippen molar-refractivity contribution in [2.75, 3.05) is 20.2 Å². The number of fused-ring (bicyclic) bond motifs is 2. The molecule has 0 bridgehead atoms. The lowest BCUT2D eigenvalue weighted by Crippen LogP contribution is -2.46. The number of furan rings is 1. The van der Waals surface area contributed by atoms with Gasteiger partial charge in [0, 0.05) is 30.1 Å². The number of benzene rings is 2. The summed E-state index contributed by atoms with van der Waals surface area (Å²) in [5.74, 6) is 0.555. The van der Waals surface area contributed by atoms with Crippen LogP contribution in [0.3, 0.4) is 0 Å². The summed E-state index contributed by atoms with van der Waals surface area (Å²) >= 11 is 0. The van der Waals surface area contributed by atoms with E-state index < -0.39 is 10.0 Å². The van der Waals surface area contributed by atoms with Crippen molar-refractivity contribution >= 4 is 26.9 Å². The van der Waals surface area contributed by atoms with Crippen molar-refractivity contribution in [3.63, 3.8) is 0 Å². The molecular formula is C25H28N2O5S. The van der Waals surface area contributed by atoms with Crippen molar-refractivity contribution < 1.29 is 22.4 Å². The fourth-order valence-electron chi connectivity index (χ4n) is 4.87. The number of hydrogen-bond donors (Lipinski definition) is 1. The highest BCUT2D eigenvalue weighted by molar-refractivity contribution is 7.89. The number of ether oxygens (including phenoxy) is 1. The number of hydrogen-bond acceptors (Lipinski definition) is 5. The largest absolute Gasteiger partial charge is 0.497 e. The van der Waals surface area contributed by atoms with E-state index in [2.05, 4.69) is 17.4 Å². The Bertz CT molecular complexity index is 1270. The third-order valence-corrected chi connectivity index (χ3v) is 8.65. The molecule has 0 radical (unpaired) electrons. The zero-order valence-electron chi connectivity index (χ0n) is 18.7. The highest BCUT2D eigenvalue weighted by atomic mass is 32.2. The standard InChI is InChI=1S/C25H28N2O5S/c1-31-21-5-7-22(8-6-21)33(29,30)27-11-9-20(10-12-27)26-25(28)15-19-16-32-24-14-18-4-2-3-17(18)13-23(19)24/h5-8,13-14,16,20H,2-4,9-12,15H2,1H3,(H,26,28). The van der Waals surface area contributed by atoms with Gasteiger partial charge in [-0.25, -0.2) is 8.42 Å². The van der Waals surface area contributed by atoms with E-state index in [0.29, 0.717) is 31.7 Å². The van der Waals surface area contributed by atoms with Crippen LogP contribution >= 0.6 is 0 Å². The van der Waals surface area contributed by atoms with Gasteiger partial charge in [-0.1, -0.05) is 0 Å². The van der Waals surface area contributed by atoms with E-state index in [9.17, 15) is 13.2 Å². The summed E-state index contributed by atoms with van der Waals surface area (Å²) < 4.78 is 38.1. The molecule has 0 atom stereocenters. The maximum absolute atomic E-state index is 12.9. The van der Waals surface area contributed by atoms with Crippen LogP contribution in [0.15, 0.2) is 52.0 Å². The van der Waals surface area contributed by atoms with Gasteiger partial charge in [0.25, 0.3) is 0 Å². The first kappa shape index (κ1) is 22.0. The number of sulfonamides is 1. The fraction of sp³-hybridized carbons (Fsp3) is 0.400. The minimum absolute atomic E-state index is 0.0396. The van der Waals surface area contributed by atoms with Crippen molar-refractivity contribution in [3.05, 3.63) is 59.4 Å². The third kappa shape index (κ3) is 4.37. The van der Waals surface area contributed by atoms with Gasteiger partial charge < -0.3 is 14.5 Å². The third-order valence-electron chi connectivity index (χ3n) is 6.74. The molecule has 2 aromatic carbocycles. The Labute approximate surface area is 193 Å². The SMILES string of the molecule is COc1ccc(S(=O)(=O)N2CCC(NC(=O)Cc3coc4cc5c(cc34)CCC5)CC2)cc1. The minimum Gasteiger partial charge on any atom is -0.497 e. The van der Waals surface area contributed by atoms with Crippen LogP contribution in [0.5, 0.6) is 5.75 Å². The summed E-state index contributed by atoms with van der Waals surface area (Å²) in [4.78, 5) is 13.0. The molecule has 1 aliphatic heterocycles. The molecule has 7 nitrogen and oxygen atoms in total. The van der Waals surface area contributed by atoms with Gasteiger partial charge in [0.05, 0.1) is 24.7 Å². The van der Waals surface area contributed by atoms with Gasteiger partial charge in [0.1, 0.15) is 11.3 Å². The van der Waals surface area contributed by atoms with Crippen LogP contribution in [0.25, 0.3) is 11.0 Å². The lowest BCUT2D eigenvalue weighted by Gasteiger charge is -2.31.